The van der Waals surface area contributed by atoms with Crippen LogP contribution in [0, 0.1) is 5.92 Å². The van der Waals surface area contributed by atoms with Crippen molar-refractivity contribution in [2.24, 2.45) is 5.92 Å². The molecule has 0 unspecified atom stereocenters. The summed E-state index contributed by atoms with van der Waals surface area (Å²) < 4.78 is 10.7. The first-order valence-corrected chi connectivity index (χ1v) is 6.82. The summed E-state index contributed by atoms with van der Waals surface area (Å²) in [6.45, 7) is 6.01. The van der Waals surface area contributed by atoms with Crippen molar-refractivity contribution in [1.29, 1.82) is 0 Å². The molecule has 0 fully saturated rings. The summed E-state index contributed by atoms with van der Waals surface area (Å²) in [5.74, 6) is 0.677. The van der Waals surface area contributed by atoms with Gasteiger partial charge in [0.2, 0.25) is 11.8 Å². The first-order valence-electron chi connectivity index (χ1n) is 6.82. The van der Waals surface area contributed by atoms with Crippen LogP contribution < -0.4 is 20.1 Å². The van der Waals surface area contributed by atoms with Crippen LogP contribution in [0.3, 0.4) is 0 Å². The van der Waals surface area contributed by atoms with E-state index < -0.39 is 6.04 Å². The maximum absolute atomic E-state index is 12.2. The molecule has 0 aromatic carbocycles. The largest absolute Gasteiger partial charge is 0.484 e. The van der Waals surface area contributed by atoms with E-state index >= 15 is 0 Å². The van der Waals surface area contributed by atoms with Gasteiger partial charge in [0, 0.05) is 6.92 Å². The number of hydrogen-bond donors (Lipinski definition) is 2. The van der Waals surface area contributed by atoms with Crippen molar-refractivity contribution in [3.05, 3.63) is 12.1 Å². The Hall–Kier alpha value is -2.31. The van der Waals surface area contributed by atoms with Crippen molar-refractivity contribution in [2.45, 2.75) is 26.8 Å². The van der Waals surface area contributed by atoms with Gasteiger partial charge in [-0.2, -0.15) is 4.98 Å². The second-order valence-electron chi connectivity index (χ2n) is 5.11. The Morgan fingerprint density at radius 3 is 2.62 bits per heavy atom. The molecule has 2 amide bonds. The fourth-order valence-electron chi connectivity index (χ4n) is 1.96. The second-order valence-corrected chi connectivity index (χ2v) is 5.11. The quantitative estimate of drug-likeness (QED) is 0.862. The number of nitrogens with zero attached hydrogens (tertiary/aromatic N) is 1. The van der Waals surface area contributed by atoms with Gasteiger partial charge in [-0.15, -0.1) is 0 Å². The highest BCUT2D eigenvalue weighted by atomic mass is 16.6. The average molecular weight is 293 g/mol. The van der Waals surface area contributed by atoms with Gasteiger partial charge in [-0.05, 0) is 18.1 Å². The van der Waals surface area contributed by atoms with Crippen molar-refractivity contribution < 1.29 is 19.1 Å². The van der Waals surface area contributed by atoms with Crippen LogP contribution in [0.5, 0.6) is 11.6 Å². The summed E-state index contributed by atoms with van der Waals surface area (Å²) in [5, 5.41) is 5.31. The molecule has 2 heterocycles. The van der Waals surface area contributed by atoms with Gasteiger partial charge in [-0.25, -0.2) is 0 Å². The van der Waals surface area contributed by atoms with Gasteiger partial charge in [-0.1, -0.05) is 13.8 Å². The van der Waals surface area contributed by atoms with E-state index in [-0.39, 0.29) is 17.7 Å². The highest BCUT2D eigenvalue weighted by Crippen LogP contribution is 2.29. The summed E-state index contributed by atoms with van der Waals surface area (Å²) in [6, 6.07) is 2.72. The van der Waals surface area contributed by atoms with E-state index in [2.05, 4.69) is 15.6 Å². The van der Waals surface area contributed by atoms with Crippen LogP contribution in [0.4, 0.5) is 5.82 Å². The third-order valence-electron chi connectivity index (χ3n) is 2.96. The Kier molecular flexibility index (Phi) is 4.62. The zero-order valence-electron chi connectivity index (χ0n) is 12.3. The summed E-state index contributed by atoms with van der Waals surface area (Å²) in [4.78, 5) is 27.6. The number of hydrogen-bond acceptors (Lipinski definition) is 5. The number of nitrogens with one attached hydrogen (secondary N) is 2. The number of anilines is 1. The van der Waals surface area contributed by atoms with E-state index in [0.29, 0.717) is 30.7 Å². The smallest absolute Gasteiger partial charge is 0.259 e. The molecule has 0 spiro atoms. The number of pyridine rings is 1. The molecule has 1 aliphatic rings. The predicted molar refractivity (Wildman–Crippen MR) is 76.3 cm³/mol. The highest BCUT2D eigenvalue weighted by molar-refractivity contribution is 5.96. The SMILES string of the molecule is CC(=O)N[C@@H](C(=O)Nc1ccc2c(n1)OCCO2)C(C)C. The van der Waals surface area contributed by atoms with Gasteiger partial charge in [-0.3, -0.25) is 9.59 Å². The zero-order chi connectivity index (χ0) is 15.4. The fraction of sp³-hybridized carbons (Fsp3) is 0.500. The van der Waals surface area contributed by atoms with Gasteiger partial charge in [0.25, 0.3) is 5.88 Å². The van der Waals surface area contributed by atoms with Gasteiger partial charge in [0.1, 0.15) is 25.1 Å². The molecule has 7 nitrogen and oxygen atoms in total. The van der Waals surface area contributed by atoms with E-state index in [1.54, 1.807) is 12.1 Å². The van der Waals surface area contributed by atoms with E-state index in [4.69, 9.17) is 9.47 Å². The van der Waals surface area contributed by atoms with E-state index in [0.717, 1.165) is 0 Å². The van der Waals surface area contributed by atoms with Crippen LogP contribution in [-0.4, -0.2) is 36.1 Å². The van der Waals surface area contributed by atoms with Crippen molar-refractivity contribution in [2.75, 3.05) is 18.5 Å². The number of carbonyl (C=O) groups is 2. The first-order chi connectivity index (χ1) is 9.97. The first kappa shape index (κ1) is 15.1. The molecule has 1 atom stereocenters. The highest BCUT2D eigenvalue weighted by Gasteiger charge is 2.24. The van der Waals surface area contributed by atoms with Crippen LogP contribution in [0.2, 0.25) is 0 Å². The molecule has 21 heavy (non-hydrogen) atoms. The number of rotatable bonds is 4. The van der Waals surface area contributed by atoms with Gasteiger partial charge in [0.05, 0.1) is 0 Å². The number of aromatic nitrogens is 1. The number of amides is 2. The third kappa shape index (κ3) is 3.84. The summed E-state index contributed by atoms with van der Waals surface area (Å²) >= 11 is 0. The molecule has 0 aliphatic carbocycles. The molecule has 2 N–H and O–H groups in total. The molecule has 0 bridgehead atoms. The molecule has 0 saturated carbocycles. The normalized spacial score (nSPS) is 14.5. The summed E-state index contributed by atoms with van der Waals surface area (Å²) in [5.41, 5.74) is 0. The zero-order valence-corrected chi connectivity index (χ0v) is 12.3. The van der Waals surface area contributed by atoms with Crippen molar-refractivity contribution >= 4 is 17.6 Å². The van der Waals surface area contributed by atoms with Crippen molar-refractivity contribution in [3.63, 3.8) is 0 Å². The third-order valence-corrected chi connectivity index (χ3v) is 2.96. The summed E-state index contributed by atoms with van der Waals surface area (Å²) in [6.07, 6.45) is 0. The minimum Gasteiger partial charge on any atom is -0.484 e. The van der Waals surface area contributed by atoms with Gasteiger partial charge < -0.3 is 20.1 Å². The Morgan fingerprint density at radius 1 is 1.24 bits per heavy atom. The lowest BCUT2D eigenvalue weighted by Crippen LogP contribution is -2.46. The monoisotopic (exact) mass is 293 g/mol. The number of carbonyl (C=O) groups excluding carboxylic acids is 2. The fourth-order valence-corrected chi connectivity index (χ4v) is 1.96. The van der Waals surface area contributed by atoms with Crippen LogP contribution in [0.1, 0.15) is 20.8 Å². The predicted octanol–water partition coefficient (Wildman–Crippen LogP) is 0.952. The van der Waals surface area contributed by atoms with Crippen molar-refractivity contribution in [3.8, 4) is 11.6 Å². The second kappa shape index (κ2) is 6.43. The van der Waals surface area contributed by atoms with Crippen LogP contribution in [0.15, 0.2) is 12.1 Å². The molecular weight excluding hydrogens is 274 g/mol. The van der Waals surface area contributed by atoms with Crippen molar-refractivity contribution in [1.82, 2.24) is 10.3 Å². The molecule has 1 aromatic rings. The molecule has 7 heteroatoms. The molecule has 0 saturated heterocycles. The Balaban J connectivity index is 2.09. The van der Waals surface area contributed by atoms with E-state index in [9.17, 15) is 9.59 Å². The molecular formula is C14H19N3O4. The maximum Gasteiger partial charge on any atom is 0.259 e. The number of fused-ring (bicyclic) bond motifs is 1. The lowest BCUT2D eigenvalue weighted by Gasteiger charge is -2.21. The standard InChI is InChI=1S/C14H19N3O4/c1-8(2)12(15-9(3)18)13(19)16-11-5-4-10-14(17-11)21-7-6-20-10/h4-5,8,12H,6-7H2,1-3H3,(H,15,18)(H,16,17,19)/t12-/m1/s1. The Bertz CT molecular complexity index is 545. The van der Waals surface area contributed by atoms with Crippen LogP contribution in [0.25, 0.3) is 0 Å². The molecule has 2 rings (SSSR count). The minimum atomic E-state index is -0.613. The van der Waals surface area contributed by atoms with Gasteiger partial charge >= 0.3 is 0 Å². The molecule has 1 aromatic heterocycles. The minimum absolute atomic E-state index is 0.0360. The Morgan fingerprint density at radius 2 is 1.95 bits per heavy atom. The van der Waals surface area contributed by atoms with E-state index in [1.807, 2.05) is 13.8 Å². The number of ether oxygens (including phenoxy) is 2. The topological polar surface area (TPSA) is 89.6 Å². The van der Waals surface area contributed by atoms with Crippen LogP contribution in [-0.2, 0) is 9.59 Å². The lowest BCUT2D eigenvalue weighted by atomic mass is 10.0. The van der Waals surface area contributed by atoms with Gasteiger partial charge in [0.15, 0.2) is 5.75 Å². The molecule has 114 valence electrons. The van der Waals surface area contributed by atoms with E-state index in [1.165, 1.54) is 6.92 Å². The average Bonchev–Trinajstić information content (AvgIpc) is 2.44. The lowest BCUT2D eigenvalue weighted by molar-refractivity contribution is -0.126. The molecule has 1 aliphatic heterocycles. The van der Waals surface area contributed by atoms with Crippen LogP contribution >= 0.6 is 0 Å². The summed E-state index contributed by atoms with van der Waals surface area (Å²) in [7, 11) is 0. The Labute approximate surface area is 123 Å². The maximum atomic E-state index is 12.2. The molecule has 0 radical (unpaired) electrons.